The SMILES string of the molecule is O=C(Nc1cccnc1N1CCCC1)N1CC(n2cc(CO)nn2)C1. The number of nitrogens with zero attached hydrogens (tertiary/aromatic N) is 6. The lowest BCUT2D eigenvalue weighted by atomic mass is 10.1. The van der Waals surface area contributed by atoms with Crippen LogP contribution in [0, 0.1) is 0 Å². The number of carbonyl (C=O) groups is 1. The largest absolute Gasteiger partial charge is 0.390 e. The fourth-order valence-electron chi connectivity index (χ4n) is 3.22. The first-order valence-electron chi connectivity index (χ1n) is 8.52. The van der Waals surface area contributed by atoms with E-state index in [4.69, 9.17) is 5.11 Å². The Hall–Kier alpha value is -2.68. The molecule has 2 aromatic rings. The first kappa shape index (κ1) is 15.8. The number of aliphatic hydroxyl groups excluding tert-OH is 1. The Morgan fingerprint density at radius 3 is 2.84 bits per heavy atom. The van der Waals surface area contributed by atoms with Gasteiger partial charge >= 0.3 is 6.03 Å². The Kier molecular flexibility index (Phi) is 4.22. The highest BCUT2D eigenvalue weighted by molar-refractivity contribution is 5.93. The fourth-order valence-corrected chi connectivity index (χ4v) is 3.22. The molecule has 25 heavy (non-hydrogen) atoms. The Balaban J connectivity index is 1.37. The van der Waals surface area contributed by atoms with Crippen LogP contribution in [-0.2, 0) is 6.61 Å². The molecule has 0 spiro atoms. The van der Waals surface area contributed by atoms with Crippen LogP contribution in [0.1, 0.15) is 24.6 Å². The van der Waals surface area contributed by atoms with Crippen molar-refractivity contribution in [3.63, 3.8) is 0 Å². The maximum Gasteiger partial charge on any atom is 0.322 e. The van der Waals surface area contributed by atoms with Crippen LogP contribution in [-0.4, -0.2) is 62.2 Å². The van der Waals surface area contributed by atoms with Crippen LogP contribution in [0.3, 0.4) is 0 Å². The quantitative estimate of drug-likeness (QED) is 0.854. The number of rotatable bonds is 4. The first-order chi connectivity index (χ1) is 12.2. The topological polar surface area (TPSA) is 99.4 Å². The highest BCUT2D eigenvalue weighted by atomic mass is 16.3. The zero-order valence-electron chi connectivity index (χ0n) is 13.9. The summed E-state index contributed by atoms with van der Waals surface area (Å²) in [5, 5.41) is 19.9. The lowest BCUT2D eigenvalue weighted by molar-refractivity contribution is 0.127. The van der Waals surface area contributed by atoms with Gasteiger partial charge in [0.05, 0.1) is 24.5 Å². The summed E-state index contributed by atoms with van der Waals surface area (Å²) in [4.78, 5) is 20.9. The molecule has 0 aliphatic carbocycles. The Morgan fingerprint density at radius 1 is 1.32 bits per heavy atom. The van der Waals surface area contributed by atoms with Crippen LogP contribution in [0.2, 0.25) is 0 Å². The second-order valence-corrected chi connectivity index (χ2v) is 6.41. The summed E-state index contributed by atoms with van der Waals surface area (Å²) in [6, 6.07) is 3.69. The molecule has 4 rings (SSSR count). The molecule has 2 fully saturated rings. The van der Waals surface area contributed by atoms with Gasteiger partial charge in [-0.05, 0) is 25.0 Å². The number of pyridine rings is 1. The maximum atomic E-state index is 12.5. The molecule has 2 aromatic heterocycles. The van der Waals surface area contributed by atoms with Gasteiger partial charge in [0, 0.05) is 32.4 Å². The molecule has 0 bridgehead atoms. The van der Waals surface area contributed by atoms with Gasteiger partial charge < -0.3 is 20.2 Å². The highest BCUT2D eigenvalue weighted by Crippen LogP contribution is 2.27. The number of anilines is 2. The molecule has 2 N–H and O–H groups in total. The van der Waals surface area contributed by atoms with Gasteiger partial charge in [-0.25, -0.2) is 14.5 Å². The van der Waals surface area contributed by atoms with Crippen LogP contribution >= 0.6 is 0 Å². The van der Waals surface area contributed by atoms with E-state index in [1.807, 2.05) is 12.1 Å². The van der Waals surface area contributed by atoms with E-state index in [2.05, 4.69) is 25.5 Å². The van der Waals surface area contributed by atoms with Crippen molar-refractivity contribution in [1.82, 2.24) is 24.9 Å². The smallest absolute Gasteiger partial charge is 0.322 e. The van der Waals surface area contributed by atoms with Gasteiger partial charge in [-0.1, -0.05) is 5.21 Å². The minimum absolute atomic E-state index is 0.102. The maximum absolute atomic E-state index is 12.5. The standard InChI is InChI=1S/C16H21N7O2/c24-11-12-8-23(20-19-12)13-9-22(10-13)16(25)18-14-4-3-5-17-15(14)21-6-1-2-7-21/h3-5,8,13,24H,1-2,6-7,9-11H2,(H,18,25). The molecule has 2 aliphatic heterocycles. The molecule has 0 aromatic carbocycles. The molecule has 9 heteroatoms. The first-order valence-corrected chi connectivity index (χ1v) is 8.52. The zero-order chi connectivity index (χ0) is 17.2. The molecule has 2 amide bonds. The number of nitrogens with one attached hydrogen (secondary N) is 1. The fraction of sp³-hybridized carbons (Fsp3) is 0.500. The minimum Gasteiger partial charge on any atom is -0.390 e. The van der Waals surface area contributed by atoms with Gasteiger partial charge in [0.2, 0.25) is 0 Å². The van der Waals surface area contributed by atoms with Crippen molar-refractivity contribution in [2.45, 2.75) is 25.5 Å². The number of hydrogen-bond acceptors (Lipinski definition) is 6. The Bertz CT molecular complexity index is 750. The lowest BCUT2D eigenvalue weighted by Crippen LogP contribution is -2.52. The zero-order valence-corrected chi connectivity index (χ0v) is 13.9. The van der Waals surface area contributed by atoms with Gasteiger partial charge in [0.15, 0.2) is 5.82 Å². The number of hydrogen-bond donors (Lipinski definition) is 2. The van der Waals surface area contributed by atoms with E-state index < -0.39 is 0 Å². The van der Waals surface area contributed by atoms with Crippen LogP contribution in [0.15, 0.2) is 24.5 Å². The molecule has 132 valence electrons. The average Bonchev–Trinajstić information content (AvgIpc) is 3.25. The third-order valence-electron chi connectivity index (χ3n) is 4.68. The predicted octanol–water partition coefficient (Wildman–Crippen LogP) is 0.854. The molecule has 2 aliphatic rings. The number of aromatic nitrogens is 4. The third-order valence-corrected chi connectivity index (χ3v) is 4.68. The van der Waals surface area contributed by atoms with Crippen molar-refractivity contribution in [2.24, 2.45) is 0 Å². The van der Waals surface area contributed by atoms with Gasteiger partial charge in [0.25, 0.3) is 0 Å². The van der Waals surface area contributed by atoms with E-state index in [1.54, 1.807) is 22.0 Å². The number of urea groups is 1. The molecule has 0 saturated carbocycles. The van der Waals surface area contributed by atoms with Crippen LogP contribution in [0.5, 0.6) is 0 Å². The Morgan fingerprint density at radius 2 is 2.12 bits per heavy atom. The summed E-state index contributed by atoms with van der Waals surface area (Å²) in [7, 11) is 0. The van der Waals surface area contributed by atoms with Crippen molar-refractivity contribution in [2.75, 3.05) is 36.4 Å². The highest BCUT2D eigenvalue weighted by Gasteiger charge is 2.33. The molecular weight excluding hydrogens is 322 g/mol. The normalized spacial score (nSPS) is 17.6. The van der Waals surface area contributed by atoms with Crippen molar-refractivity contribution < 1.29 is 9.90 Å². The predicted molar refractivity (Wildman–Crippen MR) is 91.3 cm³/mol. The van der Waals surface area contributed by atoms with E-state index in [-0.39, 0.29) is 18.7 Å². The second-order valence-electron chi connectivity index (χ2n) is 6.41. The Labute approximate surface area is 145 Å². The van der Waals surface area contributed by atoms with E-state index in [0.29, 0.717) is 18.8 Å². The summed E-state index contributed by atoms with van der Waals surface area (Å²) < 4.78 is 1.70. The molecular formula is C16H21N7O2. The van der Waals surface area contributed by atoms with Crippen LogP contribution in [0.25, 0.3) is 0 Å². The van der Waals surface area contributed by atoms with Crippen LogP contribution in [0.4, 0.5) is 16.3 Å². The van der Waals surface area contributed by atoms with E-state index in [9.17, 15) is 4.79 Å². The van der Waals surface area contributed by atoms with Gasteiger partial charge in [0.1, 0.15) is 5.69 Å². The number of amides is 2. The van der Waals surface area contributed by atoms with Crippen LogP contribution < -0.4 is 10.2 Å². The van der Waals surface area contributed by atoms with Gasteiger partial charge in [-0.15, -0.1) is 5.10 Å². The number of likely N-dealkylation sites (tertiary alicyclic amines) is 1. The summed E-state index contributed by atoms with van der Waals surface area (Å²) >= 11 is 0. The summed E-state index contributed by atoms with van der Waals surface area (Å²) in [5.74, 6) is 0.842. The van der Waals surface area contributed by atoms with E-state index >= 15 is 0 Å². The molecule has 0 radical (unpaired) electrons. The molecule has 4 heterocycles. The summed E-state index contributed by atoms with van der Waals surface area (Å²) in [6.45, 7) is 2.96. The van der Waals surface area contributed by atoms with Crippen molar-refractivity contribution >= 4 is 17.5 Å². The van der Waals surface area contributed by atoms with Gasteiger partial charge in [-0.3, -0.25) is 0 Å². The molecule has 0 unspecified atom stereocenters. The summed E-state index contributed by atoms with van der Waals surface area (Å²) in [6.07, 6.45) is 5.79. The van der Waals surface area contributed by atoms with Gasteiger partial charge in [-0.2, -0.15) is 0 Å². The lowest BCUT2D eigenvalue weighted by Gasteiger charge is -2.38. The second kappa shape index (κ2) is 6.67. The molecule has 9 nitrogen and oxygen atoms in total. The van der Waals surface area contributed by atoms with E-state index in [0.717, 1.165) is 37.4 Å². The van der Waals surface area contributed by atoms with Crippen molar-refractivity contribution in [3.8, 4) is 0 Å². The minimum atomic E-state index is -0.132. The molecule has 2 saturated heterocycles. The average molecular weight is 343 g/mol. The van der Waals surface area contributed by atoms with E-state index in [1.165, 1.54) is 0 Å². The summed E-state index contributed by atoms with van der Waals surface area (Å²) in [5.41, 5.74) is 1.29. The third kappa shape index (κ3) is 3.14. The number of carbonyl (C=O) groups excluding carboxylic acids is 1. The monoisotopic (exact) mass is 343 g/mol. The van der Waals surface area contributed by atoms with Crippen molar-refractivity contribution in [3.05, 3.63) is 30.2 Å². The molecule has 0 atom stereocenters. The number of aliphatic hydroxyl groups is 1. The van der Waals surface area contributed by atoms with Crippen molar-refractivity contribution in [1.29, 1.82) is 0 Å².